The summed E-state index contributed by atoms with van der Waals surface area (Å²) in [7, 11) is 0. The number of anilines is 1. The van der Waals surface area contributed by atoms with Gasteiger partial charge in [-0.1, -0.05) is 23.2 Å². The fourth-order valence-electron chi connectivity index (χ4n) is 4.75. The molecule has 0 spiro atoms. The van der Waals surface area contributed by atoms with Crippen LogP contribution in [0.15, 0.2) is 12.1 Å². The quantitative estimate of drug-likeness (QED) is 0.686. The third-order valence-electron chi connectivity index (χ3n) is 6.10. The lowest BCUT2D eigenvalue weighted by Crippen LogP contribution is -2.46. The second-order valence-electron chi connectivity index (χ2n) is 7.87. The molecule has 0 saturated carbocycles. The zero-order chi connectivity index (χ0) is 21.6. The summed E-state index contributed by atoms with van der Waals surface area (Å²) in [5.41, 5.74) is 0.533. The highest BCUT2D eigenvalue weighted by molar-refractivity contribution is 6.37. The number of fused-ring (bicyclic) bond motifs is 2. The van der Waals surface area contributed by atoms with Crippen LogP contribution in [0.25, 0.3) is 0 Å². The Kier molecular flexibility index (Phi) is 5.58. The van der Waals surface area contributed by atoms with Gasteiger partial charge in [0.2, 0.25) is 5.91 Å². The zero-order valence-corrected chi connectivity index (χ0v) is 17.3. The zero-order valence-electron chi connectivity index (χ0n) is 15.8. The van der Waals surface area contributed by atoms with E-state index < -0.39 is 12.1 Å². The van der Waals surface area contributed by atoms with Crippen molar-refractivity contribution < 1.29 is 22.7 Å². The maximum absolute atomic E-state index is 12.8. The number of alkyl halides is 3. The maximum Gasteiger partial charge on any atom is 0.573 e. The summed E-state index contributed by atoms with van der Waals surface area (Å²) in [5, 5.41) is 11.9. The Hall–Kier alpha value is -2.05. The molecule has 2 bridgehead atoms. The normalized spacial score (nSPS) is 28.0. The molecule has 30 heavy (non-hydrogen) atoms. The summed E-state index contributed by atoms with van der Waals surface area (Å²) in [6.45, 7) is 0.950. The molecule has 0 unspecified atom stereocenters. The molecular weight excluding hydrogens is 444 g/mol. The molecule has 1 N–H and O–H groups in total. The lowest BCUT2D eigenvalue weighted by molar-refractivity contribution is -0.274. The number of benzene rings is 1. The summed E-state index contributed by atoms with van der Waals surface area (Å²) in [5.74, 6) is -0.966. The van der Waals surface area contributed by atoms with Gasteiger partial charge in [0.05, 0.1) is 28.0 Å². The highest BCUT2D eigenvalue weighted by Crippen LogP contribution is 2.41. The van der Waals surface area contributed by atoms with Crippen molar-refractivity contribution in [1.29, 1.82) is 5.26 Å². The summed E-state index contributed by atoms with van der Waals surface area (Å²) < 4.78 is 41.4. The van der Waals surface area contributed by atoms with Crippen LogP contribution in [-0.4, -0.2) is 48.4 Å². The van der Waals surface area contributed by atoms with E-state index in [0.717, 1.165) is 19.3 Å². The smallest absolute Gasteiger partial charge is 0.403 e. The Bertz CT molecular complexity index is 869. The Morgan fingerprint density at radius 3 is 2.53 bits per heavy atom. The molecule has 162 valence electrons. The standard InChI is InChI=1S/C19H19Cl2F3N4O2/c20-13-5-12(6-14(21)17(13)30-19(22,23)24)27-4-3-10(8-27)18(29)26-15-7-11-1-2-16(15)28(11)9-25/h5-6,10-11,15-16H,1-4,7-8H2,(H,26,29)/t10-,11-,15+,16+/m0/s1. The highest BCUT2D eigenvalue weighted by atomic mass is 35.5. The third kappa shape index (κ3) is 4.08. The first kappa shape index (κ1) is 21.2. The minimum absolute atomic E-state index is 0.0207. The molecule has 0 aliphatic carbocycles. The van der Waals surface area contributed by atoms with E-state index in [0.29, 0.717) is 25.2 Å². The van der Waals surface area contributed by atoms with E-state index in [1.807, 2.05) is 4.90 Å². The van der Waals surface area contributed by atoms with Crippen LogP contribution in [0.5, 0.6) is 5.75 Å². The van der Waals surface area contributed by atoms with Gasteiger partial charge in [0, 0.05) is 24.8 Å². The average Bonchev–Trinajstić information content (AvgIpc) is 3.37. The molecule has 3 heterocycles. The number of hydrogen-bond donors (Lipinski definition) is 1. The third-order valence-corrected chi connectivity index (χ3v) is 6.67. The van der Waals surface area contributed by atoms with E-state index in [2.05, 4.69) is 16.2 Å². The largest absolute Gasteiger partial charge is 0.573 e. The van der Waals surface area contributed by atoms with Crippen LogP contribution in [0, 0.1) is 17.4 Å². The summed E-state index contributed by atoms with van der Waals surface area (Å²) in [6.07, 6.45) is 0.604. The van der Waals surface area contributed by atoms with Gasteiger partial charge in [-0.25, -0.2) is 0 Å². The van der Waals surface area contributed by atoms with Gasteiger partial charge in [0.15, 0.2) is 11.9 Å². The molecule has 3 fully saturated rings. The predicted octanol–water partition coefficient (Wildman–Crippen LogP) is 3.92. The van der Waals surface area contributed by atoms with Crippen molar-refractivity contribution in [3.05, 3.63) is 22.2 Å². The maximum atomic E-state index is 12.8. The number of carbonyl (C=O) groups excluding carboxylic acids is 1. The van der Waals surface area contributed by atoms with Crippen molar-refractivity contribution in [3.8, 4) is 11.9 Å². The Balaban J connectivity index is 1.39. The van der Waals surface area contributed by atoms with Gasteiger partial charge in [0.25, 0.3) is 0 Å². The van der Waals surface area contributed by atoms with Gasteiger partial charge < -0.3 is 19.9 Å². The van der Waals surface area contributed by atoms with Crippen LogP contribution in [0.1, 0.15) is 25.7 Å². The van der Waals surface area contributed by atoms with E-state index in [-0.39, 0.29) is 40.0 Å². The van der Waals surface area contributed by atoms with Crippen molar-refractivity contribution in [2.45, 2.75) is 50.2 Å². The lowest BCUT2D eigenvalue weighted by Gasteiger charge is -2.24. The number of rotatable bonds is 4. The second kappa shape index (κ2) is 7.89. The first-order valence-corrected chi connectivity index (χ1v) is 10.4. The molecule has 1 aromatic carbocycles. The van der Waals surface area contributed by atoms with E-state index >= 15 is 0 Å². The van der Waals surface area contributed by atoms with Crippen molar-refractivity contribution in [2.24, 2.45) is 5.92 Å². The highest BCUT2D eigenvalue weighted by Gasteiger charge is 2.47. The van der Waals surface area contributed by atoms with Gasteiger partial charge in [-0.2, -0.15) is 5.26 Å². The van der Waals surface area contributed by atoms with Gasteiger partial charge in [0.1, 0.15) is 0 Å². The lowest BCUT2D eigenvalue weighted by atomic mass is 9.95. The molecule has 6 nitrogen and oxygen atoms in total. The van der Waals surface area contributed by atoms with Crippen LogP contribution in [0.2, 0.25) is 10.0 Å². The van der Waals surface area contributed by atoms with E-state index in [1.54, 1.807) is 4.90 Å². The molecule has 1 amide bonds. The van der Waals surface area contributed by atoms with Crippen LogP contribution in [-0.2, 0) is 4.79 Å². The van der Waals surface area contributed by atoms with E-state index in [4.69, 9.17) is 23.2 Å². The van der Waals surface area contributed by atoms with Crippen LogP contribution >= 0.6 is 23.2 Å². The van der Waals surface area contributed by atoms with E-state index in [9.17, 15) is 23.2 Å². The molecule has 0 radical (unpaired) electrons. The number of ether oxygens (including phenoxy) is 1. The first-order chi connectivity index (χ1) is 14.2. The molecule has 0 aromatic heterocycles. The molecule has 3 aliphatic rings. The van der Waals surface area contributed by atoms with Gasteiger partial charge in [-0.15, -0.1) is 13.2 Å². The minimum atomic E-state index is -4.90. The first-order valence-electron chi connectivity index (χ1n) is 9.64. The molecular formula is C19H19Cl2F3N4O2. The van der Waals surface area contributed by atoms with Crippen molar-refractivity contribution in [2.75, 3.05) is 18.0 Å². The topological polar surface area (TPSA) is 68.6 Å². The number of nitrogens with one attached hydrogen (secondary N) is 1. The number of amides is 1. The second-order valence-corrected chi connectivity index (χ2v) is 8.69. The number of halogens is 5. The van der Waals surface area contributed by atoms with E-state index in [1.165, 1.54) is 12.1 Å². The monoisotopic (exact) mass is 462 g/mol. The van der Waals surface area contributed by atoms with Crippen molar-refractivity contribution in [1.82, 2.24) is 10.2 Å². The molecule has 4 atom stereocenters. The molecule has 3 saturated heterocycles. The molecule has 1 aromatic rings. The number of carbonyl (C=O) groups is 1. The fourth-order valence-corrected chi connectivity index (χ4v) is 5.30. The number of nitriles is 1. The summed E-state index contributed by atoms with van der Waals surface area (Å²) in [6, 6.07) is 2.98. The molecule has 11 heteroatoms. The van der Waals surface area contributed by atoms with Crippen molar-refractivity contribution in [3.63, 3.8) is 0 Å². The minimum Gasteiger partial charge on any atom is -0.403 e. The van der Waals surface area contributed by atoms with Gasteiger partial charge >= 0.3 is 6.36 Å². The number of hydrogen-bond acceptors (Lipinski definition) is 5. The van der Waals surface area contributed by atoms with Crippen molar-refractivity contribution >= 4 is 34.8 Å². The Labute approximate surface area is 181 Å². The number of nitrogens with zero attached hydrogens (tertiary/aromatic N) is 3. The Morgan fingerprint density at radius 2 is 1.93 bits per heavy atom. The average molecular weight is 463 g/mol. The van der Waals surface area contributed by atoms with Crippen LogP contribution in [0.3, 0.4) is 0 Å². The van der Waals surface area contributed by atoms with Crippen LogP contribution < -0.4 is 15.0 Å². The summed E-state index contributed by atoms with van der Waals surface area (Å²) >= 11 is 11.9. The molecule has 4 rings (SSSR count). The predicted molar refractivity (Wildman–Crippen MR) is 104 cm³/mol. The van der Waals surface area contributed by atoms with Gasteiger partial charge in [-0.3, -0.25) is 4.79 Å². The molecule has 3 aliphatic heterocycles. The fraction of sp³-hybridized carbons (Fsp3) is 0.579. The van der Waals surface area contributed by atoms with Crippen LogP contribution in [0.4, 0.5) is 18.9 Å². The summed E-state index contributed by atoms with van der Waals surface area (Å²) in [4.78, 5) is 16.4. The Morgan fingerprint density at radius 1 is 1.23 bits per heavy atom. The SMILES string of the molecule is N#CN1[C@H]2CC[C@@H]1[C@H](NC(=O)[C@H]1CCN(c3cc(Cl)c(OC(F)(F)F)c(Cl)c3)C1)C2. The van der Waals surface area contributed by atoms with Gasteiger partial charge in [-0.05, 0) is 37.8 Å².